The molecular weight excluding hydrogens is 240 g/mol. The molecule has 1 aromatic heterocycles. The van der Waals surface area contributed by atoms with E-state index in [-0.39, 0.29) is 5.91 Å². The van der Waals surface area contributed by atoms with E-state index in [0.29, 0.717) is 10.8 Å². The second-order valence-corrected chi connectivity index (χ2v) is 4.36. The summed E-state index contributed by atoms with van der Waals surface area (Å²) in [6, 6.07) is 3.20. The van der Waals surface area contributed by atoms with Crippen LogP contribution in [0.5, 0.6) is 0 Å². The number of amides is 1. The summed E-state index contributed by atoms with van der Waals surface area (Å²) in [5.41, 5.74) is 0.361. The second kappa shape index (κ2) is 5.42. The van der Waals surface area contributed by atoms with Gasteiger partial charge in [-0.2, -0.15) is 0 Å². The highest BCUT2D eigenvalue weighted by Crippen LogP contribution is 2.08. The van der Waals surface area contributed by atoms with Gasteiger partial charge in [-0.05, 0) is 18.7 Å². The highest BCUT2D eigenvalue weighted by atomic mass is 35.5. The van der Waals surface area contributed by atoms with Crippen molar-refractivity contribution in [3.8, 4) is 0 Å². The fourth-order valence-electron chi connectivity index (χ4n) is 1.86. The molecule has 0 bridgehead atoms. The number of hydrogen-bond donors (Lipinski definition) is 0. The Kier molecular flexibility index (Phi) is 3.91. The Morgan fingerprint density at radius 1 is 1.29 bits per heavy atom. The minimum absolute atomic E-state index is 0.0649. The van der Waals surface area contributed by atoms with Gasteiger partial charge >= 0.3 is 0 Å². The summed E-state index contributed by atoms with van der Waals surface area (Å²) < 4.78 is 0. The van der Waals surface area contributed by atoms with Crippen molar-refractivity contribution in [2.24, 2.45) is 0 Å². The Morgan fingerprint density at radius 3 is 2.53 bits per heavy atom. The van der Waals surface area contributed by atoms with Crippen LogP contribution in [0.4, 0.5) is 0 Å². The molecule has 0 aliphatic carbocycles. The molecule has 2 heterocycles. The van der Waals surface area contributed by atoms with Crippen LogP contribution in [-0.2, 0) is 0 Å². The Bertz CT molecular complexity index is 387. The number of halogens is 1. The third kappa shape index (κ3) is 2.92. The van der Waals surface area contributed by atoms with Crippen LogP contribution in [0.2, 0.25) is 5.15 Å². The largest absolute Gasteiger partial charge is 0.335 e. The maximum Gasteiger partial charge on any atom is 0.274 e. The van der Waals surface area contributed by atoms with Crippen molar-refractivity contribution in [3.05, 3.63) is 23.0 Å². The molecule has 1 aromatic rings. The van der Waals surface area contributed by atoms with E-state index in [2.05, 4.69) is 22.0 Å². The topological polar surface area (TPSA) is 49.3 Å². The van der Waals surface area contributed by atoms with Gasteiger partial charge in [0.25, 0.3) is 5.91 Å². The van der Waals surface area contributed by atoms with Crippen LogP contribution in [0.25, 0.3) is 0 Å². The summed E-state index contributed by atoms with van der Waals surface area (Å²) >= 11 is 5.63. The molecule has 1 saturated heterocycles. The molecule has 1 aliphatic rings. The summed E-state index contributed by atoms with van der Waals surface area (Å²) in [7, 11) is 0. The van der Waals surface area contributed by atoms with Gasteiger partial charge in [0.05, 0.1) is 0 Å². The fourth-order valence-corrected chi connectivity index (χ4v) is 1.96. The van der Waals surface area contributed by atoms with Gasteiger partial charge in [0, 0.05) is 26.2 Å². The lowest BCUT2D eigenvalue weighted by Gasteiger charge is -2.33. The van der Waals surface area contributed by atoms with E-state index >= 15 is 0 Å². The number of aromatic nitrogens is 2. The summed E-state index contributed by atoms with van der Waals surface area (Å²) in [5.74, 6) is -0.0649. The van der Waals surface area contributed by atoms with E-state index in [4.69, 9.17) is 11.6 Å². The van der Waals surface area contributed by atoms with Crippen LogP contribution in [0.3, 0.4) is 0 Å². The average molecular weight is 255 g/mol. The summed E-state index contributed by atoms with van der Waals surface area (Å²) in [5, 5.41) is 7.79. The van der Waals surface area contributed by atoms with Gasteiger partial charge in [0.15, 0.2) is 10.8 Å². The van der Waals surface area contributed by atoms with Crippen LogP contribution in [-0.4, -0.2) is 58.6 Å². The first kappa shape index (κ1) is 12.3. The van der Waals surface area contributed by atoms with Gasteiger partial charge in [-0.3, -0.25) is 4.79 Å². The Morgan fingerprint density at radius 2 is 2.00 bits per heavy atom. The van der Waals surface area contributed by atoms with E-state index in [1.807, 2.05) is 4.90 Å². The maximum absolute atomic E-state index is 12.1. The van der Waals surface area contributed by atoms with Crippen LogP contribution in [0, 0.1) is 0 Å². The third-order valence-electron chi connectivity index (χ3n) is 2.96. The molecule has 92 valence electrons. The number of rotatable bonds is 2. The number of carbonyl (C=O) groups excluding carboxylic acids is 1. The molecule has 0 unspecified atom stereocenters. The summed E-state index contributed by atoms with van der Waals surface area (Å²) in [4.78, 5) is 16.2. The van der Waals surface area contributed by atoms with Crippen molar-refractivity contribution in [2.75, 3.05) is 32.7 Å². The Hall–Kier alpha value is -1.20. The molecular formula is C11H15ClN4O. The quantitative estimate of drug-likeness (QED) is 0.787. The SMILES string of the molecule is CCN1CCN(C(=O)c2ccc(Cl)nn2)CC1. The molecule has 0 N–H and O–H groups in total. The van der Waals surface area contributed by atoms with Crippen molar-refractivity contribution in [2.45, 2.75) is 6.92 Å². The molecule has 1 fully saturated rings. The zero-order chi connectivity index (χ0) is 12.3. The molecule has 0 saturated carbocycles. The van der Waals surface area contributed by atoms with E-state index < -0.39 is 0 Å². The molecule has 0 radical (unpaired) electrons. The van der Waals surface area contributed by atoms with Crippen molar-refractivity contribution in [3.63, 3.8) is 0 Å². The zero-order valence-electron chi connectivity index (χ0n) is 9.77. The first-order chi connectivity index (χ1) is 8.20. The van der Waals surface area contributed by atoms with Crippen molar-refractivity contribution < 1.29 is 4.79 Å². The lowest BCUT2D eigenvalue weighted by atomic mass is 10.2. The first-order valence-electron chi connectivity index (χ1n) is 5.71. The minimum Gasteiger partial charge on any atom is -0.335 e. The van der Waals surface area contributed by atoms with Crippen molar-refractivity contribution >= 4 is 17.5 Å². The van der Waals surface area contributed by atoms with E-state index in [0.717, 1.165) is 32.7 Å². The fraction of sp³-hybridized carbons (Fsp3) is 0.545. The normalized spacial score (nSPS) is 17.2. The monoisotopic (exact) mass is 254 g/mol. The number of likely N-dealkylation sites (N-methyl/N-ethyl adjacent to an activating group) is 1. The third-order valence-corrected chi connectivity index (χ3v) is 3.16. The Balaban J connectivity index is 1.99. The molecule has 0 aromatic carbocycles. The molecule has 0 atom stereocenters. The molecule has 5 nitrogen and oxygen atoms in total. The molecule has 17 heavy (non-hydrogen) atoms. The predicted octanol–water partition coefficient (Wildman–Crippen LogP) is 0.908. The second-order valence-electron chi connectivity index (χ2n) is 3.97. The van der Waals surface area contributed by atoms with Crippen LogP contribution in [0.15, 0.2) is 12.1 Å². The van der Waals surface area contributed by atoms with E-state index in [1.165, 1.54) is 0 Å². The predicted molar refractivity (Wildman–Crippen MR) is 65.1 cm³/mol. The number of hydrogen-bond acceptors (Lipinski definition) is 4. The number of carbonyl (C=O) groups is 1. The highest BCUT2D eigenvalue weighted by Gasteiger charge is 2.22. The summed E-state index contributed by atoms with van der Waals surface area (Å²) in [6.07, 6.45) is 0. The first-order valence-corrected chi connectivity index (χ1v) is 6.09. The smallest absolute Gasteiger partial charge is 0.274 e. The standard InChI is InChI=1S/C11H15ClN4O/c1-2-15-5-7-16(8-6-15)11(17)9-3-4-10(12)14-13-9/h3-4H,2,5-8H2,1H3. The van der Waals surface area contributed by atoms with Gasteiger partial charge in [-0.25, -0.2) is 0 Å². The number of nitrogens with zero attached hydrogens (tertiary/aromatic N) is 4. The zero-order valence-corrected chi connectivity index (χ0v) is 10.5. The highest BCUT2D eigenvalue weighted by molar-refractivity contribution is 6.29. The van der Waals surface area contributed by atoms with Gasteiger partial charge in [0.1, 0.15) is 0 Å². The van der Waals surface area contributed by atoms with Gasteiger partial charge < -0.3 is 9.80 Å². The van der Waals surface area contributed by atoms with Crippen LogP contribution < -0.4 is 0 Å². The molecule has 0 spiro atoms. The summed E-state index contributed by atoms with van der Waals surface area (Å²) in [6.45, 7) is 6.49. The average Bonchev–Trinajstić information content (AvgIpc) is 2.39. The Labute approximate surface area is 105 Å². The van der Waals surface area contributed by atoms with Crippen molar-refractivity contribution in [1.82, 2.24) is 20.0 Å². The van der Waals surface area contributed by atoms with E-state index in [9.17, 15) is 4.79 Å². The molecule has 1 amide bonds. The molecule has 6 heteroatoms. The van der Waals surface area contributed by atoms with Crippen LogP contribution >= 0.6 is 11.6 Å². The molecule has 2 rings (SSSR count). The lowest BCUT2D eigenvalue weighted by Crippen LogP contribution is -2.48. The van der Waals surface area contributed by atoms with Gasteiger partial charge in [-0.1, -0.05) is 18.5 Å². The van der Waals surface area contributed by atoms with Crippen LogP contribution in [0.1, 0.15) is 17.4 Å². The van der Waals surface area contributed by atoms with Crippen molar-refractivity contribution in [1.29, 1.82) is 0 Å². The minimum atomic E-state index is -0.0649. The van der Waals surface area contributed by atoms with Gasteiger partial charge in [-0.15, -0.1) is 10.2 Å². The van der Waals surface area contributed by atoms with E-state index in [1.54, 1.807) is 12.1 Å². The van der Waals surface area contributed by atoms with Gasteiger partial charge in [0.2, 0.25) is 0 Å². The molecule has 1 aliphatic heterocycles. The maximum atomic E-state index is 12.1. The number of piperazine rings is 1. The lowest BCUT2D eigenvalue weighted by molar-refractivity contribution is 0.0636.